The molecule has 2 amide bonds. The van der Waals surface area contributed by atoms with Crippen molar-refractivity contribution in [2.24, 2.45) is 0 Å². The minimum absolute atomic E-state index is 0.0267. The zero-order chi connectivity index (χ0) is 20.3. The van der Waals surface area contributed by atoms with Crippen molar-refractivity contribution in [2.75, 3.05) is 11.9 Å². The van der Waals surface area contributed by atoms with E-state index in [2.05, 4.69) is 26.1 Å². The van der Waals surface area contributed by atoms with Crippen LogP contribution < -0.4 is 16.2 Å². The quantitative estimate of drug-likeness (QED) is 0.648. The van der Waals surface area contributed by atoms with E-state index in [1.54, 1.807) is 35.9 Å². The van der Waals surface area contributed by atoms with E-state index < -0.39 is 0 Å². The highest BCUT2D eigenvalue weighted by molar-refractivity contribution is 7.15. The standard InChI is InChI=1S/C21H29N5O2S/c27-19(15-23-26-20(28)16-11-13-22-14-12-16)25-21-24-17-9-7-5-3-1-2-4-6-8-10-18(17)29-21/h11-14,23H,1-10,15H2,(H,26,28)(H,24,25,27). The molecule has 0 fully saturated rings. The second kappa shape index (κ2) is 11.6. The number of thiazole rings is 1. The number of nitrogens with zero attached hydrogens (tertiary/aromatic N) is 2. The van der Waals surface area contributed by atoms with Gasteiger partial charge in [-0.3, -0.25) is 20.0 Å². The highest BCUT2D eigenvalue weighted by Crippen LogP contribution is 2.27. The number of nitrogens with one attached hydrogen (secondary N) is 3. The van der Waals surface area contributed by atoms with Crippen molar-refractivity contribution in [2.45, 2.75) is 64.2 Å². The summed E-state index contributed by atoms with van der Waals surface area (Å²) in [5.41, 5.74) is 6.79. The van der Waals surface area contributed by atoms with Crippen LogP contribution in [0, 0.1) is 0 Å². The molecule has 0 radical (unpaired) electrons. The monoisotopic (exact) mass is 415 g/mol. The summed E-state index contributed by atoms with van der Waals surface area (Å²) in [5, 5.41) is 3.50. The summed E-state index contributed by atoms with van der Waals surface area (Å²) in [6.45, 7) is -0.0267. The maximum Gasteiger partial charge on any atom is 0.265 e. The normalized spacial score (nSPS) is 15.4. The second-order valence-electron chi connectivity index (χ2n) is 7.31. The van der Waals surface area contributed by atoms with Crippen LogP contribution in [-0.2, 0) is 17.6 Å². The number of carbonyl (C=O) groups excluding carboxylic acids is 2. The Balaban J connectivity index is 1.48. The van der Waals surface area contributed by atoms with Gasteiger partial charge in [0.15, 0.2) is 5.13 Å². The number of rotatable bonds is 5. The van der Waals surface area contributed by atoms with Crippen LogP contribution in [0.2, 0.25) is 0 Å². The lowest BCUT2D eigenvalue weighted by molar-refractivity contribution is -0.115. The lowest BCUT2D eigenvalue weighted by atomic mass is 10.0. The zero-order valence-electron chi connectivity index (χ0n) is 16.7. The first-order chi connectivity index (χ1) is 14.2. The number of pyridine rings is 1. The molecule has 0 aliphatic heterocycles. The van der Waals surface area contributed by atoms with Gasteiger partial charge in [0.2, 0.25) is 5.91 Å². The minimum atomic E-state index is -0.309. The molecule has 0 atom stereocenters. The molecule has 0 bridgehead atoms. The molecule has 0 unspecified atom stereocenters. The molecule has 0 aromatic carbocycles. The van der Waals surface area contributed by atoms with Gasteiger partial charge in [0.25, 0.3) is 5.91 Å². The number of hydrogen-bond acceptors (Lipinski definition) is 6. The number of anilines is 1. The summed E-state index contributed by atoms with van der Waals surface area (Å²) in [4.78, 5) is 34.0. The van der Waals surface area contributed by atoms with Gasteiger partial charge >= 0.3 is 0 Å². The Kier molecular flexibility index (Phi) is 8.58. The Labute approximate surface area is 175 Å². The Morgan fingerprint density at radius 1 is 0.931 bits per heavy atom. The van der Waals surface area contributed by atoms with Crippen LogP contribution in [0.3, 0.4) is 0 Å². The summed E-state index contributed by atoms with van der Waals surface area (Å²) in [5.74, 6) is -0.541. The Morgan fingerprint density at radius 3 is 2.31 bits per heavy atom. The lowest BCUT2D eigenvalue weighted by Crippen LogP contribution is -2.42. The molecule has 1 aliphatic carbocycles. The van der Waals surface area contributed by atoms with Gasteiger partial charge in [0, 0.05) is 22.8 Å². The summed E-state index contributed by atoms with van der Waals surface area (Å²) in [6.07, 6.45) is 15.3. The zero-order valence-corrected chi connectivity index (χ0v) is 17.5. The van der Waals surface area contributed by atoms with Crippen molar-refractivity contribution in [3.8, 4) is 0 Å². The molecule has 2 aromatic rings. The van der Waals surface area contributed by atoms with Gasteiger partial charge < -0.3 is 5.32 Å². The van der Waals surface area contributed by atoms with Crippen molar-refractivity contribution in [3.05, 3.63) is 40.7 Å². The summed E-state index contributed by atoms with van der Waals surface area (Å²) < 4.78 is 0. The van der Waals surface area contributed by atoms with E-state index in [0.717, 1.165) is 25.0 Å². The summed E-state index contributed by atoms with van der Waals surface area (Å²) >= 11 is 1.59. The third kappa shape index (κ3) is 7.21. The van der Waals surface area contributed by atoms with Crippen molar-refractivity contribution < 1.29 is 9.59 Å². The molecular weight excluding hydrogens is 386 g/mol. The first-order valence-corrected chi connectivity index (χ1v) is 11.3. The van der Waals surface area contributed by atoms with E-state index in [0.29, 0.717) is 10.7 Å². The molecule has 3 rings (SSSR count). The van der Waals surface area contributed by atoms with Crippen molar-refractivity contribution >= 4 is 28.3 Å². The van der Waals surface area contributed by atoms with Crippen LogP contribution in [0.4, 0.5) is 5.13 Å². The average molecular weight is 416 g/mol. The van der Waals surface area contributed by atoms with Gasteiger partial charge in [0.05, 0.1) is 12.2 Å². The SMILES string of the molecule is O=C(CNNC(=O)c1ccncc1)Nc1nc2c(s1)CCCCCCCCCC2. The van der Waals surface area contributed by atoms with Crippen molar-refractivity contribution in [1.82, 2.24) is 20.8 Å². The van der Waals surface area contributed by atoms with Crippen LogP contribution in [0.1, 0.15) is 72.3 Å². The third-order valence-electron chi connectivity index (χ3n) is 4.99. The van der Waals surface area contributed by atoms with E-state index >= 15 is 0 Å². The number of carbonyl (C=O) groups is 2. The molecule has 0 saturated heterocycles. The Hall–Kier alpha value is -2.32. The first kappa shape index (κ1) is 21.4. The van der Waals surface area contributed by atoms with E-state index in [1.807, 2.05) is 0 Å². The van der Waals surface area contributed by atoms with Crippen LogP contribution >= 0.6 is 11.3 Å². The van der Waals surface area contributed by atoms with E-state index in [-0.39, 0.29) is 18.4 Å². The van der Waals surface area contributed by atoms with E-state index in [1.165, 1.54) is 49.8 Å². The van der Waals surface area contributed by atoms with Gasteiger partial charge in [-0.1, -0.05) is 38.5 Å². The molecule has 7 nitrogen and oxygen atoms in total. The van der Waals surface area contributed by atoms with E-state index in [4.69, 9.17) is 0 Å². The molecule has 2 aromatic heterocycles. The first-order valence-electron chi connectivity index (χ1n) is 10.4. The molecule has 156 valence electrons. The summed E-state index contributed by atoms with van der Waals surface area (Å²) in [7, 11) is 0. The average Bonchev–Trinajstić information content (AvgIpc) is 3.09. The van der Waals surface area contributed by atoms with Crippen LogP contribution in [-0.4, -0.2) is 28.3 Å². The minimum Gasteiger partial charge on any atom is -0.301 e. The van der Waals surface area contributed by atoms with Crippen LogP contribution in [0.15, 0.2) is 24.5 Å². The number of aromatic nitrogens is 2. The number of fused-ring (bicyclic) bond motifs is 1. The third-order valence-corrected chi connectivity index (χ3v) is 6.06. The predicted molar refractivity (Wildman–Crippen MR) is 115 cm³/mol. The molecule has 29 heavy (non-hydrogen) atoms. The second-order valence-corrected chi connectivity index (χ2v) is 8.39. The molecule has 2 heterocycles. The molecule has 1 aliphatic rings. The molecular formula is C21H29N5O2S. The van der Waals surface area contributed by atoms with Gasteiger partial charge in [-0.15, -0.1) is 11.3 Å². The summed E-state index contributed by atoms with van der Waals surface area (Å²) in [6, 6.07) is 3.22. The fraction of sp³-hybridized carbons (Fsp3) is 0.524. The fourth-order valence-corrected chi connectivity index (χ4v) is 4.48. The van der Waals surface area contributed by atoms with Gasteiger partial charge in [-0.25, -0.2) is 10.4 Å². The van der Waals surface area contributed by atoms with Crippen LogP contribution in [0.5, 0.6) is 0 Å². The highest BCUT2D eigenvalue weighted by atomic mass is 32.1. The predicted octanol–water partition coefficient (Wildman–Crippen LogP) is 3.63. The van der Waals surface area contributed by atoms with Crippen LogP contribution in [0.25, 0.3) is 0 Å². The maximum atomic E-state index is 12.2. The van der Waals surface area contributed by atoms with Gasteiger partial charge in [-0.05, 0) is 37.8 Å². The molecule has 8 heteroatoms. The Bertz CT molecular complexity index is 764. The molecule has 0 spiro atoms. The van der Waals surface area contributed by atoms with Crippen molar-refractivity contribution in [3.63, 3.8) is 0 Å². The Morgan fingerprint density at radius 2 is 1.59 bits per heavy atom. The van der Waals surface area contributed by atoms with Crippen molar-refractivity contribution in [1.29, 1.82) is 0 Å². The lowest BCUT2D eigenvalue weighted by Gasteiger charge is -2.06. The molecule has 0 saturated carbocycles. The molecule has 3 N–H and O–H groups in total. The van der Waals surface area contributed by atoms with Gasteiger partial charge in [0.1, 0.15) is 0 Å². The maximum absolute atomic E-state index is 12.2. The number of hydrogen-bond donors (Lipinski definition) is 3. The number of hydrazine groups is 1. The highest BCUT2D eigenvalue weighted by Gasteiger charge is 2.14. The van der Waals surface area contributed by atoms with Gasteiger partial charge in [-0.2, -0.15) is 0 Å². The fourth-order valence-electron chi connectivity index (χ4n) is 3.41. The topological polar surface area (TPSA) is 96.0 Å². The smallest absolute Gasteiger partial charge is 0.265 e. The number of aryl methyl sites for hydroxylation is 2. The van der Waals surface area contributed by atoms with E-state index in [9.17, 15) is 9.59 Å². The number of amides is 2. The largest absolute Gasteiger partial charge is 0.301 e.